The number of aromatic nitrogens is 2. The largest absolute Gasteiger partial charge is 0.508 e. The van der Waals surface area contributed by atoms with Gasteiger partial charge in [-0.2, -0.15) is 0 Å². The maximum atomic E-state index is 14.2. The van der Waals surface area contributed by atoms with E-state index in [0.717, 1.165) is 22.1 Å². The van der Waals surface area contributed by atoms with Gasteiger partial charge in [0.1, 0.15) is 24.2 Å². The van der Waals surface area contributed by atoms with E-state index in [9.17, 15) is 24.3 Å². The highest BCUT2D eigenvalue weighted by Crippen LogP contribution is 2.58. The normalized spacial score (nSPS) is 20.8. The molecule has 0 amide bonds. The van der Waals surface area contributed by atoms with Crippen LogP contribution in [0.3, 0.4) is 0 Å². The topological polar surface area (TPSA) is 202 Å². The van der Waals surface area contributed by atoms with Gasteiger partial charge in [0.05, 0.1) is 68.3 Å². The molecule has 6 heterocycles. The Hall–Kier alpha value is -8.25. The van der Waals surface area contributed by atoms with Crippen LogP contribution in [0.5, 0.6) is 40.2 Å². The number of phenolic OH excluding ortho intramolecular Hbond substituents is 1. The number of aromatic hydroxyl groups is 1. The van der Waals surface area contributed by atoms with Crippen molar-refractivity contribution in [3.63, 3.8) is 0 Å². The molecule has 4 aromatic carbocycles. The summed E-state index contributed by atoms with van der Waals surface area (Å²) in [4.78, 5) is 62.6. The zero-order valence-corrected chi connectivity index (χ0v) is 40.9. The number of hydrogen-bond acceptors (Lipinski definition) is 17. The number of benzene rings is 4. The molecule has 1 fully saturated rings. The van der Waals surface area contributed by atoms with E-state index >= 15 is 0 Å². The highest BCUT2D eigenvalue weighted by molar-refractivity contribution is 5.91. The Labute approximate surface area is 418 Å². The summed E-state index contributed by atoms with van der Waals surface area (Å²) in [6.07, 6.45) is -0.829. The van der Waals surface area contributed by atoms with Gasteiger partial charge in [0, 0.05) is 51.9 Å². The molecule has 1 N–H and O–H groups in total. The van der Waals surface area contributed by atoms with Crippen LogP contribution in [0.1, 0.15) is 74.7 Å². The van der Waals surface area contributed by atoms with Crippen molar-refractivity contribution in [3.05, 3.63) is 140 Å². The van der Waals surface area contributed by atoms with E-state index in [1.54, 1.807) is 51.0 Å². The number of nitrogens with zero attached hydrogens (tertiary/aromatic N) is 3. The van der Waals surface area contributed by atoms with Gasteiger partial charge in [-0.3, -0.25) is 4.79 Å². The zero-order valence-electron chi connectivity index (χ0n) is 40.9. The van der Waals surface area contributed by atoms with E-state index in [4.69, 9.17) is 52.4 Å². The number of carbonyl (C=O) groups excluding carboxylic acids is 3. The SMILES string of the molecule is C=C1OC[C@H]2C(OC(=O)c3ccc(OCC(=O)OC4(CC)C(=O)OCc5c4cc4n(c5=O)Cc5cc6c(CN(C)C)c(O)ccc6nc5-4)cc3)c3cc4c(cc3[C@H](c3cc(OC)c(OC)c(OC)c3)[C@@H]12)OCO4. The van der Waals surface area contributed by atoms with Crippen molar-refractivity contribution in [1.29, 1.82) is 0 Å². The molecule has 11 rings (SSSR count). The summed E-state index contributed by atoms with van der Waals surface area (Å²) in [6.45, 7) is 5.98. The molecule has 0 radical (unpaired) electrons. The summed E-state index contributed by atoms with van der Waals surface area (Å²) in [5.41, 5.74) is 3.72. The minimum absolute atomic E-state index is 0.0353. The minimum atomic E-state index is -1.96. The van der Waals surface area contributed by atoms with Crippen LogP contribution in [0.15, 0.2) is 89.9 Å². The molecule has 2 aromatic heterocycles. The number of phenols is 1. The number of esters is 3. The van der Waals surface area contributed by atoms with E-state index in [1.165, 1.54) is 24.3 Å². The average Bonchev–Trinajstić information content (AvgIpc) is 4.12. The molecule has 0 bridgehead atoms. The lowest BCUT2D eigenvalue weighted by atomic mass is 9.65. The summed E-state index contributed by atoms with van der Waals surface area (Å²) < 4.78 is 60.2. The van der Waals surface area contributed by atoms with Gasteiger partial charge in [-0.05, 0) is 104 Å². The first-order valence-corrected chi connectivity index (χ1v) is 23.7. The maximum absolute atomic E-state index is 14.2. The number of allylic oxidation sites excluding steroid dienone is 1. The molecule has 2 unspecified atom stereocenters. The van der Waals surface area contributed by atoms with Gasteiger partial charge in [-0.15, -0.1) is 0 Å². The Kier molecular flexibility index (Phi) is 11.7. The third kappa shape index (κ3) is 7.69. The predicted molar refractivity (Wildman–Crippen MR) is 260 cm³/mol. The van der Waals surface area contributed by atoms with Crippen LogP contribution >= 0.6 is 0 Å². The first-order valence-electron chi connectivity index (χ1n) is 23.7. The van der Waals surface area contributed by atoms with E-state index in [1.807, 2.05) is 49.3 Å². The smallest absolute Gasteiger partial charge is 0.355 e. The third-order valence-electron chi connectivity index (χ3n) is 14.5. The van der Waals surface area contributed by atoms with Crippen LogP contribution in [-0.4, -0.2) is 92.9 Å². The third-order valence-corrected chi connectivity index (χ3v) is 14.5. The summed E-state index contributed by atoms with van der Waals surface area (Å²) >= 11 is 0. The fourth-order valence-corrected chi connectivity index (χ4v) is 11.1. The van der Waals surface area contributed by atoms with Gasteiger partial charge in [0.2, 0.25) is 18.1 Å². The highest BCUT2D eigenvalue weighted by Gasteiger charge is 2.53. The van der Waals surface area contributed by atoms with Crippen molar-refractivity contribution in [2.45, 2.75) is 50.7 Å². The molecular formula is C55H51N3O15. The lowest BCUT2D eigenvalue weighted by Gasteiger charge is -2.39. The summed E-state index contributed by atoms with van der Waals surface area (Å²) in [5.74, 6) is -0.0203. The van der Waals surface area contributed by atoms with Crippen LogP contribution in [-0.2, 0) is 53.8 Å². The van der Waals surface area contributed by atoms with Gasteiger partial charge in [-0.25, -0.2) is 19.4 Å². The molecular weight excluding hydrogens is 943 g/mol. The van der Waals surface area contributed by atoms with Crippen LogP contribution < -0.4 is 34.0 Å². The molecule has 1 saturated heterocycles. The minimum Gasteiger partial charge on any atom is -0.508 e. The number of hydrogen-bond donors (Lipinski definition) is 1. The Balaban J connectivity index is 0.823. The zero-order chi connectivity index (χ0) is 51.0. The van der Waals surface area contributed by atoms with Crippen LogP contribution in [0.2, 0.25) is 0 Å². The number of carbonyl (C=O) groups is 3. The van der Waals surface area contributed by atoms with Crippen molar-refractivity contribution < 1.29 is 66.9 Å². The molecule has 6 aromatic rings. The lowest BCUT2D eigenvalue weighted by molar-refractivity contribution is -0.190. The quantitative estimate of drug-likeness (QED) is 0.0909. The van der Waals surface area contributed by atoms with Crippen LogP contribution in [0.25, 0.3) is 22.3 Å². The summed E-state index contributed by atoms with van der Waals surface area (Å²) in [6, 6.07) is 20.5. The van der Waals surface area contributed by atoms with E-state index in [0.29, 0.717) is 69.1 Å². The van der Waals surface area contributed by atoms with Gasteiger partial charge in [0.25, 0.3) is 5.56 Å². The van der Waals surface area contributed by atoms with Crippen molar-refractivity contribution in [3.8, 4) is 51.6 Å². The molecule has 1 aliphatic carbocycles. The number of pyridine rings is 2. The molecule has 376 valence electrons. The van der Waals surface area contributed by atoms with Crippen LogP contribution in [0.4, 0.5) is 0 Å². The molecule has 5 aliphatic rings. The second-order valence-electron chi connectivity index (χ2n) is 18.8. The number of ether oxygens (including phenoxy) is 10. The van der Waals surface area contributed by atoms with Crippen molar-refractivity contribution in [2.24, 2.45) is 11.8 Å². The van der Waals surface area contributed by atoms with Gasteiger partial charge >= 0.3 is 17.9 Å². The van der Waals surface area contributed by atoms with E-state index in [2.05, 4.69) is 6.58 Å². The monoisotopic (exact) mass is 993 g/mol. The van der Waals surface area contributed by atoms with Gasteiger partial charge in [-0.1, -0.05) is 13.5 Å². The predicted octanol–water partition coefficient (Wildman–Crippen LogP) is 7.05. The van der Waals surface area contributed by atoms with Crippen molar-refractivity contribution in [2.75, 3.05) is 55.4 Å². The Morgan fingerprint density at radius 3 is 2.32 bits per heavy atom. The summed E-state index contributed by atoms with van der Waals surface area (Å²) in [5, 5.41) is 11.5. The van der Waals surface area contributed by atoms with Crippen molar-refractivity contribution in [1.82, 2.24) is 14.5 Å². The fourth-order valence-electron chi connectivity index (χ4n) is 11.1. The van der Waals surface area contributed by atoms with Gasteiger partial charge < -0.3 is 61.9 Å². The van der Waals surface area contributed by atoms with Crippen LogP contribution in [0, 0.1) is 11.8 Å². The number of rotatable bonds is 13. The van der Waals surface area contributed by atoms with E-state index < -0.39 is 41.8 Å². The molecule has 5 atom stereocenters. The van der Waals surface area contributed by atoms with Gasteiger partial charge in [0.15, 0.2) is 29.6 Å². The fraction of sp³-hybridized carbons (Fsp3) is 0.327. The standard InChI is InChI=1S/C55H51N3O15/c1-8-55(38-20-40-49-30(21-58(40)52(61)36(38)23-69-54(55)63)15-32-35(22-57(3)4)41(59)14-13-39(32)56-49)73-46(60)25-68-31-11-9-28(10-12-31)53(62)72-50-34-19-43-42(70-26-71-43)18-33(34)48(47-27(2)67-24-37(47)50)29-16-44(64-5)51(66-7)45(17-29)65-6/h9-20,37,47-48,50,59H,2,8,21-26H2,1,3-7H3/t37-,47+,48+,50?,55?/m1/s1. The number of fused-ring (bicyclic) bond motifs is 8. The molecule has 0 spiro atoms. The highest BCUT2D eigenvalue weighted by atomic mass is 16.7. The second kappa shape index (κ2) is 18.1. The summed E-state index contributed by atoms with van der Waals surface area (Å²) in [7, 11) is 8.46. The average molecular weight is 994 g/mol. The van der Waals surface area contributed by atoms with E-state index in [-0.39, 0.29) is 78.9 Å². The molecule has 4 aliphatic heterocycles. The Morgan fingerprint density at radius 1 is 0.904 bits per heavy atom. The molecule has 18 heteroatoms. The molecule has 18 nitrogen and oxygen atoms in total. The number of cyclic esters (lactones) is 1. The first kappa shape index (κ1) is 47.1. The number of methoxy groups -OCH3 is 3. The Bertz CT molecular complexity index is 3340. The first-order chi connectivity index (χ1) is 35.2. The molecule has 73 heavy (non-hydrogen) atoms. The lowest BCUT2D eigenvalue weighted by Crippen LogP contribution is -2.48. The molecule has 0 saturated carbocycles. The maximum Gasteiger partial charge on any atom is 0.355 e. The Morgan fingerprint density at radius 2 is 1.63 bits per heavy atom. The second-order valence-corrected chi connectivity index (χ2v) is 18.8. The van der Waals surface area contributed by atoms with Crippen molar-refractivity contribution >= 4 is 28.8 Å².